The molecule has 2 amide bonds. The molecule has 36 heavy (non-hydrogen) atoms. The Bertz CT molecular complexity index is 1180. The van der Waals surface area contributed by atoms with Crippen molar-refractivity contribution >= 4 is 12.1 Å². The number of primary amides is 1. The van der Waals surface area contributed by atoms with Gasteiger partial charge in [-0.15, -0.1) is 0 Å². The van der Waals surface area contributed by atoms with Crippen LogP contribution in [-0.4, -0.2) is 29.0 Å². The first-order valence-corrected chi connectivity index (χ1v) is 11.9. The fraction of sp³-hybridized carbons (Fsp3) is 0.286. The van der Waals surface area contributed by atoms with Crippen LogP contribution < -0.4 is 10.5 Å². The van der Waals surface area contributed by atoms with Crippen molar-refractivity contribution in [2.24, 2.45) is 5.73 Å². The summed E-state index contributed by atoms with van der Waals surface area (Å²) in [4.78, 5) is 16.5. The van der Waals surface area contributed by atoms with Crippen molar-refractivity contribution < 1.29 is 22.7 Å². The molecule has 5 nitrogen and oxygen atoms in total. The van der Waals surface area contributed by atoms with Gasteiger partial charge < -0.3 is 15.4 Å². The van der Waals surface area contributed by atoms with Gasteiger partial charge in [0.2, 0.25) is 5.88 Å². The van der Waals surface area contributed by atoms with Gasteiger partial charge in [0.05, 0.1) is 5.56 Å². The predicted octanol–water partition coefficient (Wildman–Crippen LogP) is 7.01. The molecule has 1 aromatic heterocycles. The fourth-order valence-electron chi connectivity index (χ4n) is 3.93. The number of hydrogen-bond acceptors (Lipinski definition) is 3. The van der Waals surface area contributed by atoms with Crippen LogP contribution >= 0.6 is 0 Å². The summed E-state index contributed by atoms with van der Waals surface area (Å²) < 4.78 is 43.3. The van der Waals surface area contributed by atoms with Crippen LogP contribution in [0, 0.1) is 0 Å². The van der Waals surface area contributed by atoms with Crippen LogP contribution in [0.3, 0.4) is 0 Å². The third-order valence-electron chi connectivity index (χ3n) is 6.08. The van der Waals surface area contributed by atoms with Gasteiger partial charge in [-0.25, -0.2) is 9.78 Å². The SMILES string of the molecule is NC(=O)N1CCC(=Cc2cccc(Oc3ccc(C(F)(F)F)cn3)c2)CC1.c1ccc(C2CC2)cc1. The Morgan fingerprint density at radius 3 is 2.31 bits per heavy atom. The Balaban J connectivity index is 0.000000280. The summed E-state index contributed by atoms with van der Waals surface area (Å²) in [6.07, 6.45) is 2.64. The molecule has 2 aromatic carbocycles. The lowest BCUT2D eigenvalue weighted by molar-refractivity contribution is -0.137. The molecule has 2 heterocycles. The van der Waals surface area contributed by atoms with Crippen molar-refractivity contribution in [3.8, 4) is 11.6 Å². The highest BCUT2D eigenvalue weighted by molar-refractivity contribution is 5.72. The number of benzene rings is 2. The Morgan fingerprint density at radius 1 is 1.00 bits per heavy atom. The molecule has 0 bridgehead atoms. The summed E-state index contributed by atoms with van der Waals surface area (Å²) in [7, 11) is 0. The number of pyridine rings is 1. The number of nitrogens with zero attached hydrogens (tertiary/aromatic N) is 2. The predicted molar refractivity (Wildman–Crippen MR) is 133 cm³/mol. The highest BCUT2D eigenvalue weighted by Crippen LogP contribution is 2.39. The molecule has 2 fully saturated rings. The number of aromatic nitrogens is 1. The quantitative estimate of drug-likeness (QED) is 0.423. The van der Waals surface area contributed by atoms with Crippen molar-refractivity contribution in [3.05, 3.63) is 95.2 Å². The molecule has 8 heteroatoms. The normalized spacial score (nSPS) is 15.5. The molecular weight excluding hydrogens is 467 g/mol. The number of carbonyl (C=O) groups excluding carboxylic acids is 1. The van der Waals surface area contributed by atoms with Crippen LogP contribution in [0.1, 0.15) is 48.3 Å². The van der Waals surface area contributed by atoms with E-state index in [1.807, 2.05) is 12.1 Å². The van der Waals surface area contributed by atoms with E-state index in [0.29, 0.717) is 18.8 Å². The summed E-state index contributed by atoms with van der Waals surface area (Å²) in [5, 5.41) is 0. The number of likely N-dealkylation sites (tertiary alicyclic amines) is 1. The summed E-state index contributed by atoms with van der Waals surface area (Å²) in [5.41, 5.74) is 8.07. The van der Waals surface area contributed by atoms with E-state index in [1.165, 1.54) is 30.0 Å². The summed E-state index contributed by atoms with van der Waals surface area (Å²) in [6, 6.07) is 19.7. The number of halogens is 3. The van der Waals surface area contributed by atoms with E-state index in [1.54, 1.807) is 23.1 Å². The monoisotopic (exact) mass is 495 g/mol. The standard InChI is InChI=1S/C19H18F3N3O2.C9H10/c20-19(21,22)15-4-5-17(24-12-15)27-16-3-1-2-14(11-16)10-13-6-8-25(9-7-13)18(23)26;1-2-4-8(5-3-1)9-6-7-9/h1-5,10-12H,6-9H2,(H2,23,26);1-5,9H,6-7H2. The molecule has 5 rings (SSSR count). The lowest BCUT2D eigenvalue weighted by Gasteiger charge is -2.26. The van der Waals surface area contributed by atoms with Crippen molar-refractivity contribution in [1.29, 1.82) is 0 Å². The minimum absolute atomic E-state index is 0.0857. The Hall–Kier alpha value is -3.81. The second-order valence-corrected chi connectivity index (χ2v) is 8.87. The molecule has 2 N–H and O–H groups in total. The maximum absolute atomic E-state index is 12.6. The molecule has 0 unspecified atom stereocenters. The number of carbonyl (C=O) groups is 1. The second-order valence-electron chi connectivity index (χ2n) is 8.87. The number of urea groups is 1. The van der Waals surface area contributed by atoms with Gasteiger partial charge in [-0.05, 0) is 60.9 Å². The van der Waals surface area contributed by atoms with Crippen LogP contribution in [-0.2, 0) is 6.18 Å². The van der Waals surface area contributed by atoms with E-state index < -0.39 is 17.8 Å². The molecule has 0 radical (unpaired) electrons. The van der Waals surface area contributed by atoms with E-state index in [-0.39, 0.29) is 5.88 Å². The van der Waals surface area contributed by atoms with E-state index in [0.717, 1.165) is 36.6 Å². The van der Waals surface area contributed by atoms with Crippen LogP contribution in [0.5, 0.6) is 11.6 Å². The van der Waals surface area contributed by atoms with Crippen molar-refractivity contribution in [1.82, 2.24) is 9.88 Å². The summed E-state index contributed by atoms with van der Waals surface area (Å²) in [5.74, 6) is 1.47. The topological polar surface area (TPSA) is 68.5 Å². The van der Waals surface area contributed by atoms with Crippen LogP contribution in [0.25, 0.3) is 6.08 Å². The van der Waals surface area contributed by atoms with Crippen molar-refractivity contribution in [3.63, 3.8) is 0 Å². The van der Waals surface area contributed by atoms with Gasteiger partial charge in [0.25, 0.3) is 0 Å². The maximum atomic E-state index is 12.6. The average Bonchev–Trinajstić information content (AvgIpc) is 3.71. The largest absolute Gasteiger partial charge is 0.439 e. The minimum atomic E-state index is -4.43. The lowest BCUT2D eigenvalue weighted by atomic mass is 10.0. The Morgan fingerprint density at radius 2 is 1.72 bits per heavy atom. The molecule has 1 saturated carbocycles. The molecular formula is C28H28F3N3O2. The third-order valence-corrected chi connectivity index (χ3v) is 6.08. The number of ether oxygens (including phenoxy) is 1. The lowest BCUT2D eigenvalue weighted by Crippen LogP contribution is -2.39. The van der Waals surface area contributed by atoms with Crippen molar-refractivity contribution in [2.75, 3.05) is 13.1 Å². The van der Waals surface area contributed by atoms with Crippen LogP contribution in [0.2, 0.25) is 0 Å². The van der Waals surface area contributed by atoms with E-state index in [4.69, 9.17) is 10.5 Å². The number of amides is 2. The smallest absolute Gasteiger partial charge is 0.417 e. The maximum Gasteiger partial charge on any atom is 0.417 e. The number of nitrogens with two attached hydrogens (primary N) is 1. The highest BCUT2D eigenvalue weighted by Gasteiger charge is 2.30. The zero-order valence-electron chi connectivity index (χ0n) is 19.7. The second kappa shape index (κ2) is 11.3. The number of piperidine rings is 1. The van der Waals surface area contributed by atoms with E-state index in [9.17, 15) is 18.0 Å². The molecule has 0 spiro atoms. The molecule has 0 atom stereocenters. The zero-order valence-corrected chi connectivity index (χ0v) is 19.7. The first-order chi connectivity index (χ1) is 17.3. The molecule has 1 saturated heterocycles. The van der Waals surface area contributed by atoms with Gasteiger partial charge in [0.1, 0.15) is 5.75 Å². The van der Waals surface area contributed by atoms with Gasteiger partial charge >= 0.3 is 12.2 Å². The number of rotatable bonds is 4. The average molecular weight is 496 g/mol. The Labute approximate surface area is 208 Å². The molecule has 1 aliphatic carbocycles. The zero-order chi connectivity index (χ0) is 25.5. The number of alkyl halides is 3. The van der Waals surface area contributed by atoms with Gasteiger partial charge in [-0.2, -0.15) is 13.2 Å². The third kappa shape index (κ3) is 7.34. The Kier molecular flexibility index (Phi) is 7.93. The summed E-state index contributed by atoms with van der Waals surface area (Å²) in [6.45, 7) is 1.18. The van der Waals surface area contributed by atoms with Crippen LogP contribution in [0.4, 0.5) is 18.0 Å². The number of hydrogen-bond donors (Lipinski definition) is 1. The minimum Gasteiger partial charge on any atom is -0.439 e. The van der Waals surface area contributed by atoms with Crippen LogP contribution in [0.15, 0.2) is 78.5 Å². The van der Waals surface area contributed by atoms with Gasteiger partial charge in [-0.3, -0.25) is 0 Å². The summed E-state index contributed by atoms with van der Waals surface area (Å²) >= 11 is 0. The van der Waals surface area contributed by atoms with Gasteiger partial charge in [0.15, 0.2) is 0 Å². The molecule has 1 aliphatic heterocycles. The highest BCUT2D eigenvalue weighted by atomic mass is 19.4. The van der Waals surface area contributed by atoms with Gasteiger partial charge in [-0.1, -0.05) is 54.1 Å². The molecule has 188 valence electrons. The molecule has 3 aromatic rings. The van der Waals surface area contributed by atoms with E-state index in [2.05, 4.69) is 35.3 Å². The van der Waals surface area contributed by atoms with Gasteiger partial charge in [0, 0.05) is 25.4 Å². The van der Waals surface area contributed by atoms with Crippen molar-refractivity contribution in [2.45, 2.75) is 37.8 Å². The van der Waals surface area contributed by atoms with E-state index >= 15 is 0 Å². The first kappa shape index (κ1) is 25.3. The molecule has 2 aliphatic rings. The fourth-order valence-corrected chi connectivity index (χ4v) is 3.93. The first-order valence-electron chi connectivity index (χ1n) is 11.9.